The summed E-state index contributed by atoms with van der Waals surface area (Å²) in [6, 6.07) is 13.4. The summed E-state index contributed by atoms with van der Waals surface area (Å²) in [4.78, 5) is 36.0. The van der Waals surface area contributed by atoms with Gasteiger partial charge in [0.2, 0.25) is 5.71 Å². The van der Waals surface area contributed by atoms with Crippen LogP contribution in [0.5, 0.6) is 0 Å². The number of hydrogen-bond acceptors (Lipinski definition) is 8. The van der Waals surface area contributed by atoms with Gasteiger partial charge >= 0.3 is 11.6 Å². The van der Waals surface area contributed by atoms with Gasteiger partial charge in [0.1, 0.15) is 6.61 Å². The van der Waals surface area contributed by atoms with Crippen molar-refractivity contribution in [1.29, 1.82) is 5.26 Å². The van der Waals surface area contributed by atoms with E-state index < -0.39 is 5.63 Å². The molecule has 0 radical (unpaired) electrons. The van der Waals surface area contributed by atoms with E-state index in [9.17, 15) is 14.4 Å². The zero-order chi connectivity index (χ0) is 23.6. The molecule has 0 saturated heterocycles. The lowest BCUT2D eigenvalue weighted by molar-refractivity contribution is -0.144. The van der Waals surface area contributed by atoms with Gasteiger partial charge in [0, 0.05) is 17.9 Å². The maximum atomic E-state index is 12.6. The zero-order valence-electron chi connectivity index (χ0n) is 18.2. The lowest BCUT2D eigenvalue weighted by Gasteiger charge is -2.10. The van der Waals surface area contributed by atoms with Crippen molar-refractivity contribution in [2.45, 2.75) is 19.9 Å². The SMILES string of the molecule is CCC(=O)OCCOCCOCCn1c(=O)ccc2cc(-c3cccc(C#N)c3)c(=O)oc21. The summed E-state index contributed by atoms with van der Waals surface area (Å²) in [5.41, 5.74) is 0.543. The number of nitriles is 1. The van der Waals surface area contributed by atoms with E-state index in [1.807, 2.05) is 6.07 Å². The Morgan fingerprint density at radius 2 is 1.79 bits per heavy atom. The lowest BCUT2D eigenvalue weighted by atomic mass is 10.0. The summed E-state index contributed by atoms with van der Waals surface area (Å²) in [6.07, 6.45) is 0.326. The molecule has 0 N–H and O–H groups in total. The number of aromatic nitrogens is 1. The molecule has 2 heterocycles. The van der Waals surface area contributed by atoms with Crippen molar-refractivity contribution in [3.8, 4) is 17.2 Å². The number of nitrogens with zero attached hydrogens (tertiary/aromatic N) is 2. The van der Waals surface area contributed by atoms with Gasteiger partial charge in [-0.15, -0.1) is 0 Å². The number of esters is 1. The third-order valence-corrected chi connectivity index (χ3v) is 4.79. The van der Waals surface area contributed by atoms with Crippen LogP contribution in [-0.2, 0) is 25.5 Å². The minimum absolute atomic E-state index is 0.158. The van der Waals surface area contributed by atoms with Crippen molar-refractivity contribution in [2.75, 3.05) is 33.0 Å². The molecule has 3 rings (SSSR count). The van der Waals surface area contributed by atoms with Crippen molar-refractivity contribution in [1.82, 2.24) is 4.57 Å². The van der Waals surface area contributed by atoms with Crippen LogP contribution in [0.2, 0.25) is 0 Å². The molecule has 0 saturated carbocycles. The van der Waals surface area contributed by atoms with Gasteiger partial charge in [0.15, 0.2) is 0 Å². The van der Waals surface area contributed by atoms with Crippen molar-refractivity contribution in [3.05, 3.63) is 68.8 Å². The summed E-state index contributed by atoms with van der Waals surface area (Å²) < 4.78 is 22.5. The molecule has 3 aromatic rings. The third kappa shape index (κ3) is 6.38. The predicted molar refractivity (Wildman–Crippen MR) is 120 cm³/mol. The Hall–Kier alpha value is -3.74. The topological polar surface area (TPSA) is 121 Å². The number of carbonyl (C=O) groups excluding carboxylic acids is 1. The van der Waals surface area contributed by atoms with E-state index in [-0.39, 0.29) is 43.6 Å². The number of benzene rings is 1. The van der Waals surface area contributed by atoms with Crippen LogP contribution in [0.25, 0.3) is 22.2 Å². The van der Waals surface area contributed by atoms with Gasteiger partial charge < -0.3 is 18.6 Å². The van der Waals surface area contributed by atoms with Gasteiger partial charge in [-0.2, -0.15) is 5.26 Å². The lowest BCUT2D eigenvalue weighted by Crippen LogP contribution is -2.23. The monoisotopic (exact) mass is 452 g/mol. The maximum absolute atomic E-state index is 12.6. The Morgan fingerprint density at radius 1 is 1.03 bits per heavy atom. The summed E-state index contributed by atoms with van der Waals surface area (Å²) in [7, 11) is 0. The number of fused-ring (bicyclic) bond motifs is 1. The second kappa shape index (κ2) is 11.8. The van der Waals surface area contributed by atoms with E-state index in [2.05, 4.69) is 0 Å². The van der Waals surface area contributed by atoms with Gasteiger partial charge in [-0.1, -0.05) is 19.1 Å². The summed E-state index contributed by atoms with van der Waals surface area (Å²) in [5, 5.41) is 9.67. The molecular formula is C24H24N2O7. The number of rotatable bonds is 11. The summed E-state index contributed by atoms with van der Waals surface area (Å²) in [6.45, 7) is 3.21. The maximum Gasteiger partial charge on any atom is 0.345 e. The second-order valence-corrected chi connectivity index (χ2v) is 7.02. The Kier molecular flexibility index (Phi) is 8.52. The highest BCUT2D eigenvalue weighted by Gasteiger charge is 2.12. The van der Waals surface area contributed by atoms with Gasteiger partial charge in [0.05, 0.1) is 50.2 Å². The molecule has 0 bridgehead atoms. The predicted octanol–water partition coefficient (Wildman–Crippen LogP) is 2.48. The smallest absolute Gasteiger partial charge is 0.345 e. The quantitative estimate of drug-likeness (QED) is 0.321. The molecule has 0 spiro atoms. The fourth-order valence-electron chi connectivity index (χ4n) is 3.12. The van der Waals surface area contributed by atoms with Gasteiger partial charge in [-0.3, -0.25) is 14.2 Å². The van der Waals surface area contributed by atoms with Crippen LogP contribution in [-0.4, -0.2) is 43.6 Å². The van der Waals surface area contributed by atoms with Crippen molar-refractivity contribution in [2.24, 2.45) is 0 Å². The van der Waals surface area contributed by atoms with Crippen LogP contribution >= 0.6 is 0 Å². The number of ether oxygens (including phenoxy) is 3. The molecule has 0 aliphatic carbocycles. The molecule has 2 aromatic heterocycles. The standard InChI is InChI=1S/C24H24N2O7/c1-2-22(28)32-13-12-31-11-10-30-9-8-26-21(27)7-6-19-15-20(24(29)33-23(19)26)18-5-3-4-17(14-18)16-25/h3-7,14-15H,2,8-13H2,1H3. The van der Waals surface area contributed by atoms with Gasteiger partial charge in [0.25, 0.3) is 5.56 Å². The molecular weight excluding hydrogens is 428 g/mol. The Balaban J connectivity index is 1.62. The third-order valence-electron chi connectivity index (χ3n) is 4.79. The van der Waals surface area contributed by atoms with Crippen molar-refractivity contribution >= 4 is 17.1 Å². The van der Waals surface area contributed by atoms with Crippen molar-refractivity contribution in [3.63, 3.8) is 0 Å². The highest BCUT2D eigenvalue weighted by Crippen LogP contribution is 2.21. The molecule has 0 atom stereocenters. The second-order valence-electron chi connectivity index (χ2n) is 7.02. The minimum Gasteiger partial charge on any atom is -0.463 e. The Morgan fingerprint density at radius 3 is 2.55 bits per heavy atom. The van der Waals surface area contributed by atoms with E-state index in [1.165, 1.54) is 10.6 Å². The molecule has 0 aliphatic heterocycles. The summed E-state index contributed by atoms with van der Waals surface area (Å²) >= 11 is 0. The number of hydrogen-bond donors (Lipinski definition) is 0. The van der Waals surface area contributed by atoms with E-state index in [4.69, 9.17) is 23.9 Å². The van der Waals surface area contributed by atoms with E-state index in [0.29, 0.717) is 41.7 Å². The molecule has 0 amide bonds. The average molecular weight is 452 g/mol. The number of carbonyl (C=O) groups is 1. The average Bonchev–Trinajstić information content (AvgIpc) is 2.83. The first-order chi connectivity index (χ1) is 16.0. The molecule has 33 heavy (non-hydrogen) atoms. The van der Waals surface area contributed by atoms with E-state index in [0.717, 1.165) is 0 Å². The first-order valence-electron chi connectivity index (χ1n) is 10.5. The molecule has 9 nitrogen and oxygen atoms in total. The van der Waals surface area contributed by atoms with Crippen LogP contribution in [0, 0.1) is 11.3 Å². The van der Waals surface area contributed by atoms with E-state index in [1.54, 1.807) is 43.3 Å². The fraction of sp³-hybridized carbons (Fsp3) is 0.333. The highest BCUT2D eigenvalue weighted by molar-refractivity contribution is 5.79. The van der Waals surface area contributed by atoms with Crippen LogP contribution in [0.3, 0.4) is 0 Å². The zero-order valence-corrected chi connectivity index (χ0v) is 18.2. The van der Waals surface area contributed by atoms with Crippen LogP contribution in [0.15, 0.2) is 56.5 Å². The number of pyridine rings is 1. The molecule has 9 heteroatoms. The summed E-state index contributed by atoms with van der Waals surface area (Å²) in [5.74, 6) is -0.273. The Bertz CT molecular complexity index is 1270. The first kappa shape index (κ1) is 23.9. The van der Waals surface area contributed by atoms with Crippen molar-refractivity contribution < 1.29 is 23.4 Å². The normalized spacial score (nSPS) is 10.8. The Labute approximate surface area is 189 Å². The van der Waals surface area contributed by atoms with Crippen LogP contribution in [0.1, 0.15) is 18.9 Å². The van der Waals surface area contributed by atoms with Gasteiger partial charge in [-0.25, -0.2) is 4.79 Å². The van der Waals surface area contributed by atoms with E-state index >= 15 is 0 Å². The van der Waals surface area contributed by atoms with Gasteiger partial charge in [-0.05, 0) is 29.8 Å². The highest BCUT2D eigenvalue weighted by atomic mass is 16.6. The molecule has 172 valence electrons. The molecule has 0 fully saturated rings. The van der Waals surface area contributed by atoms with Crippen LogP contribution in [0.4, 0.5) is 0 Å². The minimum atomic E-state index is -0.602. The van der Waals surface area contributed by atoms with Crippen LogP contribution < -0.4 is 11.2 Å². The molecule has 0 aliphatic rings. The first-order valence-corrected chi connectivity index (χ1v) is 10.5. The largest absolute Gasteiger partial charge is 0.463 e. The fourth-order valence-corrected chi connectivity index (χ4v) is 3.12. The molecule has 0 unspecified atom stereocenters. The molecule has 1 aromatic carbocycles.